The molecule has 1 N–H and O–H groups in total. The molecular formula is C16H25NO. The van der Waals surface area contributed by atoms with E-state index >= 15 is 0 Å². The van der Waals surface area contributed by atoms with Gasteiger partial charge in [-0.3, -0.25) is 0 Å². The minimum Gasteiger partial charge on any atom is -0.493 e. The van der Waals surface area contributed by atoms with E-state index in [0.29, 0.717) is 0 Å². The molecule has 100 valence electrons. The predicted octanol–water partition coefficient (Wildman–Crippen LogP) is 3.69. The Bertz CT molecular complexity index is 345. The van der Waals surface area contributed by atoms with Crippen LogP contribution in [0.1, 0.15) is 44.1 Å². The van der Waals surface area contributed by atoms with Crippen molar-refractivity contribution in [3.63, 3.8) is 0 Å². The lowest BCUT2D eigenvalue weighted by molar-refractivity contribution is 0.302. The minimum atomic E-state index is 0.794. The minimum absolute atomic E-state index is 0.794. The first-order valence-electron chi connectivity index (χ1n) is 7.28. The highest BCUT2D eigenvalue weighted by Gasteiger charge is 2.12. The molecule has 2 nitrogen and oxygen atoms in total. The number of nitrogens with one attached hydrogen (secondary N) is 1. The van der Waals surface area contributed by atoms with E-state index in [1.807, 2.05) is 18.2 Å². The van der Waals surface area contributed by atoms with Crippen molar-refractivity contribution in [3.8, 4) is 5.75 Å². The van der Waals surface area contributed by atoms with Crippen molar-refractivity contribution >= 4 is 0 Å². The molecule has 1 aromatic rings. The van der Waals surface area contributed by atoms with Gasteiger partial charge >= 0.3 is 0 Å². The van der Waals surface area contributed by atoms with Gasteiger partial charge in [0.05, 0.1) is 6.61 Å². The first-order chi connectivity index (χ1) is 8.86. The Morgan fingerprint density at radius 3 is 2.72 bits per heavy atom. The molecule has 1 aliphatic carbocycles. The van der Waals surface area contributed by atoms with Crippen molar-refractivity contribution in [1.29, 1.82) is 0 Å². The molecule has 1 aromatic carbocycles. The topological polar surface area (TPSA) is 21.3 Å². The highest BCUT2D eigenvalue weighted by atomic mass is 16.5. The van der Waals surface area contributed by atoms with Gasteiger partial charge in [0, 0.05) is 6.04 Å². The molecule has 18 heavy (non-hydrogen) atoms. The molecule has 1 aliphatic rings. The van der Waals surface area contributed by atoms with Crippen LogP contribution in [0.4, 0.5) is 0 Å². The van der Waals surface area contributed by atoms with Crippen molar-refractivity contribution in [2.75, 3.05) is 13.2 Å². The highest BCUT2D eigenvalue weighted by Crippen LogP contribution is 2.18. The third-order valence-electron chi connectivity index (χ3n) is 3.71. The summed E-state index contributed by atoms with van der Waals surface area (Å²) in [4.78, 5) is 0. The largest absolute Gasteiger partial charge is 0.493 e. The quantitative estimate of drug-likeness (QED) is 0.742. The summed E-state index contributed by atoms with van der Waals surface area (Å²) in [6.07, 6.45) is 7.91. The molecule has 2 rings (SSSR count). The van der Waals surface area contributed by atoms with Gasteiger partial charge in [0.2, 0.25) is 0 Å². The van der Waals surface area contributed by atoms with Crippen molar-refractivity contribution in [3.05, 3.63) is 29.8 Å². The van der Waals surface area contributed by atoms with E-state index < -0.39 is 0 Å². The molecule has 0 saturated heterocycles. The number of benzene rings is 1. The van der Waals surface area contributed by atoms with Crippen molar-refractivity contribution in [2.45, 2.75) is 51.5 Å². The number of hydrogen-bond donors (Lipinski definition) is 1. The van der Waals surface area contributed by atoms with Crippen LogP contribution in [0.2, 0.25) is 0 Å². The number of aryl methyl sites for hydroxylation is 1. The van der Waals surface area contributed by atoms with Gasteiger partial charge in [0.15, 0.2) is 0 Å². The summed E-state index contributed by atoms with van der Waals surface area (Å²) in [5, 5.41) is 3.64. The van der Waals surface area contributed by atoms with Gasteiger partial charge in [-0.15, -0.1) is 0 Å². The van der Waals surface area contributed by atoms with E-state index in [0.717, 1.165) is 31.4 Å². The molecule has 0 bridgehead atoms. The summed E-state index contributed by atoms with van der Waals surface area (Å²) in [7, 11) is 0. The van der Waals surface area contributed by atoms with Gasteiger partial charge in [-0.2, -0.15) is 0 Å². The maximum Gasteiger partial charge on any atom is 0.122 e. The second-order valence-corrected chi connectivity index (χ2v) is 5.26. The van der Waals surface area contributed by atoms with E-state index in [1.54, 1.807) is 0 Å². The van der Waals surface area contributed by atoms with Gasteiger partial charge in [-0.25, -0.2) is 0 Å². The van der Waals surface area contributed by atoms with Crippen molar-refractivity contribution in [2.24, 2.45) is 0 Å². The Kier molecular flexibility index (Phi) is 5.53. The zero-order chi connectivity index (χ0) is 12.6. The SMILES string of the molecule is Cc1ccccc1OCCCCNC1CCCC1. The molecular weight excluding hydrogens is 222 g/mol. The summed E-state index contributed by atoms with van der Waals surface area (Å²) in [5.74, 6) is 1.03. The van der Waals surface area contributed by atoms with E-state index in [1.165, 1.54) is 37.7 Å². The first kappa shape index (κ1) is 13.4. The van der Waals surface area contributed by atoms with E-state index in [2.05, 4.69) is 18.3 Å². The Morgan fingerprint density at radius 1 is 1.17 bits per heavy atom. The second-order valence-electron chi connectivity index (χ2n) is 5.26. The lowest BCUT2D eigenvalue weighted by Crippen LogP contribution is -2.27. The number of para-hydroxylation sites is 1. The van der Waals surface area contributed by atoms with Gasteiger partial charge in [0.1, 0.15) is 5.75 Å². The Morgan fingerprint density at radius 2 is 1.94 bits per heavy atom. The van der Waals surface area contributed by atoms with Crippen LogP contribution in [0.5, 0.6) is 5.75 Å². The molecule has 2 heteroatoms. The molecule has 0 spiro atoms. The summed E-state index contributed by atoms with van der Waals surface area (Å²) in [5.41, 5.74) is 1.22. The Balaban J connectivity index is 1.52. The lowest BCUT2D eigenvalue weighted by atomic mass is 10.2. The van der Waals surface area contributed by atoms with Crippen LogP contribution in [0.3, 0.4) is 0 Å². The third-order valence-corrected chi connectivity index (χ3v) is 3.71. The van der Waals surface area contributed by atoms with Crippen LogP contribution in [0, 0.1) is 6.92 Å². The maximum absolute atomic E-state index is 5.78. The second kappa shape index (κ2) is 7.42. The fourth-order valence-corrected chi connectivity index (χ4v) is 2.56. The monoisotopic (exact) mass is 247 g/mol. The highest BCUT2D eigenvalue weighted by molar-refractivity contribution is 5.31. The average molecular weight is 247 g/mol. The molecule has 1 saturated carbocycles. The fourth-order valence-electron chi connectivity index (χ4n) is 2.56. The Hall–Kier alpha value is -1.02. The van der Waals surface area contributed by atoms with Crippen LogP contribution >= 0.6 is 0 Å². The van der Waals surface area contributed by atoms with Crippen LogP contribution < -0.4 is 10.1 Å². The molecule has 1 fully saturated rings. The van der Waals surface area contributed by atoms with Crippen LogP contribution in [0.15, 0.2) is 24.3 Å². The van der Waals surface area contributed by atoms with Crippen LogP contribution in [-0.4, -0.2) is 19.2 Å². The number of rotatable bonds is 7. The van der Waals surface area contributed by atoms with E-state index in [4.69, 9.17) is 4.74 Å². The summed E-state index contributed by atoms with van der Waals surface area (Å²) < 4.78 is 5.78. The van der Waals surface area contributed by atoms with Crippen LogP contribution in [0.25, 0.3) is 0 Å². The molecule has 0 radical (unpaired) electrons. The fraction of sp³-hybridized carbons (Fsp3) is 0.625. The molecule has 0 heterocycles. The average Bonchev–Trinajstić information content (AvgIpc) is 2.89. The van der Waals surface area contributed by atoms with E-state index in [9.17, 15) is 0 Å². The molecule has 0 amide bonds. The molecule has 0 aliphatic heterocycles. The standard InChI is InChI=1S/C16H25NO/c1-14-8-2-5-11-16(14)18-13-7-6-12-17-15-9-3-4-10-15/h2,5,8,11,15,17H,3-4,6-7,9-10,12-13H2,1H3. The predicted molar refractivity (Wildman–Crippen MR) is 76.2 cm³/mol. The zero-order valence-corrected chi connectivity index (χ0v) is 11.5. The van der Waals surface area contributed by atoms with E-state index in [-0.39, 0.29) is 0 Å². The molecule has 0 unspecified atom stereocenters. The van der Waals surface area contributed by atoms with Crippen LogP contribution in [-0.2, 0) is 0 Å². The first-order valence-corrected chi connectivity index (χ1v) is 7.28. The smallest absolute Gasteiger partial charge is 0.122 e. The molecule has 0 aromatic heterocycles. The Labute approximate surface area is 111 Å². The number of unbranched alkanes of at least 4 members (excludes halogenated alkanes) is 1. The number of hydrogen-bond acceptors (Lipinski definition) is 2. The van der Waals surface area contributed by atoms with Gasteiger partial charge in [0.25, 0.3) is 0 Å². The molecule has 0 atom stereocenters. The maximum atomic E-state index is 5.78. The number of ether oxygens (including phenoxy) is 1. The van der Waals surface area contributed by atoms with Gasteiger partial charge < -0.3 is 10.1 Å². The lowest BCUT2D eigenvalue weighted by Gasteiger charge is -2.12. The zero-order valence-electron chi connectivity index (χ0n) is 11.5. The normalized spacial score (nSPS) is 16.1. The van der Waals surface area contributed by atoms with Gasteiger partial charge in [-0.1, -0.05) is 31.0 Å². The summed E-state index contributed by atoms with van der Waals surface area (Å²) in [6.45, 7) is 4.07. The van der Waals surface area contributed by atoms with Gasteiger partial charge in [-0.05, 0) is 50.8 Å². The van der Waals surface area contributed by atoms with Crippen molar-refractivity contribution < 1.29 is 4.74 Å². The van der Waals surface area contributed by atoms with Crippen molar-refractivity contribution in [1.82, 2.24) is 5.32 Å². The summed E-state index contributed by atoms with van der Waals surface area (Å²) >= 11 is 0. The summed E-state index contributed by atoms with van der Waals surface area (Å²) in [6, 6.07) is 9.02. The third kappa shape index (κ3) is 4.34.